The average molecular weight is 572 g/mol. The Balaban J connectivity index is 1.93. The zero-order valence-corrected chi connectivity index (χ0v) is 24.8. The van der Waals surface area contributed by atoms with Crippen molar-refractivity contribution in [2.75, 3.05) is 31.1 Å². The molecular weight excluding hydrogens is 532 g/mol. The van der Waals surface area contributed by atoms with Crippen LogP contribution < -0.4 is 10.5 Å². The first-order valence-electron chi connectivity index (χ1n) is 12.2. The van der Waals surface area contributed by atoms with E-state index in [1.54, 1.807) is 4.90 Å². The molecule has 1 aliphatic rings. The molecule has 3 rings (SSSR count). The second-order valence-electron chi connectivity index (χ2n) is 11.3. The summed E-state index contributed by atoms with van der Waals surface area (Å²) >= 11 is 3.32. The molecule has 0 bridgehead atoms. The predicted molar refractivity (Wildman–Crippen MR) is 143 cm³/mol. The third-order valence-electron chi connectivity index (χ3n) is 5.92. The van der Waals surface area contributed by atoms with Crippen molar-refractivity contribution in [3.8, 4) is 0 Å². The van der Waals surface area contributed by atoms with Crippen LogP contribution >= 0.6 is 15.9 Å². The van der Waals surface area contributed by atoms with Crippen molar-refractivity contribution >= 4 is 41.6 Å². The molecule has 0 radical (unpaired) electrons. The molecule has 1 amide bonds. The minimum absolute atomic E-state index is 0.123. The van der Waals surface area contributed by atoms with Crippen LogP contribution in [0.4, 0.5) is 10.5 Å². The molecule has 0 unspecified atom stereocenters. The topological polar surface area (TPSA) is 94.2 Å². The van der Waals surface area contributed by atoms with E-state index in [2.05, 4.69) is 50.6 Å². The SMILES string of the molecule is CCc1c(N2CCN(C(=O)OC(C)(C)C)[C@H](C)C2)c(=O)n2nc(Br)nc2n1COCC[Si](C)(C)C. The molecule has 0 aromatic carbocycles. The molecule has 0 saturated carbocycles. The van der Waals surface area contributed by atoms with Crippen LogP contribution in [0.5, 0.6) is 0 Å². The maximum absolute atomic E-state index is 13.6. The first-order valence-corrected chi connectivity index (χ1v) is 16.7. The highest BCUT2D eigenvalue weighted by atomic mass is 79.9. The summed E-state index contributed by atoms with van der Waals surface area (Å²) in [5.41, 5.74) is 0.666. The number of ether oxygens (including phenoxy) is 2. The van der Waals surface area contributed by atoms with Crippen LogP contribution in [-0.4, -0.2) is 76.1 Å². The molecule has 35 heavy (non-hydrogen) atoms. The standard InChI is InChI=1S/C23H39BrN6O4Si/c1-9-17-18(27-10-11-28(16(2)14-27)22(32)34-23(3,4)5)19(31)30-21(25-20(24)26-30)29(17)15-33-12-13-35(6,7)8/h16H,9-15H2,1-8H3/t16-/m1/s1. The van der Waals surface area contributed by atoms with Gasteiger partial charge in [-0.1, -0.05) is 26.6 Å². The van der Waals surface area contributed by atoms with E-state index in [-0.39, 0.29) is 17.7 Å². The fourth-order valence-electron chi connectivity index (χ4n) is 4.16. The summed E-state index contributed by atoms with van der Waals surface area (Å²) in [6.07, 6.45) is 0.299. The Morgan fingerprint density at radius 3 is 2.49 bits per heavy atom. The second kappa shape index (κ2) is 10.6. The van der Waals surface area contributed by atoms with Crippen LogP contribution in [-0.2, 0) is 22.6 Å². The van der Waals surface area contributed by atoms with Gasteiger partial charge in [0.1, 0.15) is 18.0 Å². The van der Waals surface area contributed by atoms with Gasteiger partial charge < -0.3 is 19.3 Å². The molecule has 0 N–H and O–H groups in total. The molecule has 10 nitrogen and oxygen atoms in total. The first-order chi connectivity index (χ1) is 16.2. The lowest BCUT2D eigenvalue weighted by Crippen LogP contribution is -2.56. The largest absolute Gasteiger partial charge is 0.444 e. The van der Waals surface area contributed by atoms with E-state index in [4.69, 9.17) is 9.47 Å². The molecule has 1 saturated heterocycles. The Bertz CT molecular complexity index is 1120. The normalized spacial score (nSPS) is 17.3. The van der Waals surface area contributed by atoms with Gasteiger partial charge in [-0.15, -0.1) is 5.10 Å². The van der Waals surface area contributed by atoms with Crippen molar-refractivity contribution < 1.29 is 14.3 Å². The number of nitrogens with zero attached hydrogens (tertiary/aromatic N) is 6. The lowest BCUT2D eigenvalue weighted by atomic mass is 10.1. The van der Waals surface area contributed by atoms with Gasteiger partial charge in [-0.25, -0.2) is 4.79 Å². The highest BCUT2D eigenvalue weighted by Crippen LogP contribution is 2.24. The highest BCUT2D eigenvalue weighted by molar-refractivity contribution is 9.10. The van der Waals surface area contributed by atoms with Crippen molar-refractivity contribution in [1.29, 1.82) is 0 Å². The third-order valence-corrected chi connectivity index (χ3v) is 7.96. The van der Waals surface area contributed by atoms with E-state index in [9.17, 15) is 9.59 Å². The summed E-state index contributed by atoms with van der Waals surface area (Å²) in [7, 11) is -1.23. The number of piperazine rings is 1. The number of fused-ring (bicyclic) bond motifs is 1. The van der Waals surface area contributed by atoms with E-state index in [0.717, 1.165) is 11.7 Å². The molecule has 12 heteroatoms. The highest BCUT2D eigenvalue weighted by Gasteiger charge is 2.33. The van der Waals surface area contributed by atoms with Crippen molar-refractivity contribution in [3.05, 3.63) is 20.8 Å². The first kappa shape index (κ1) is 27.7. The molecule has 1 fully saturated rings. The quantitative estimate of drug-likeness (QED) is 0.367. The second-order valence-corrected chi connectivity index (χ2v) is 17.6. The van der Waals surface area contributed by atoms with Gasteiger partial charge in [-0.05, 0) is 56.1 Å². The van der Waals surface area contributed by atoms with Crippen LogP contribution in [0.2, 0.25) is 25.7 Å². The van der Waals surface area contributed by atoms with E-state index in [1.807, 2.05) is 39.2 Å². The summed E-state index contributed by atoms with van der Waals surface area (Å²) in [6, 6.07) is 0.931. The fraction of sp³-hybridized carbons (Fsp3) is 0.739. The molecule has 196 valence electrons. The Morgan fingerprint density at radius 1 is 1.23 bits per heavy atom. The lowest BCUT2D eigenvalue weighted by Gasteiger charge is -2.41. The number of carbonyl (C=O) groups excluding carboxylic acids is 1. The Hall–Kier alpha value is -1.92. The zero-order valence-electron chi connectivity index (χ0n) is 22.2. The lowest BCUT2D eigenvalue weighted by molar-refractivity contribution is 0.0158. The summed E-state index contributed by atoms with van der Waals surface area (Å²) in [5.74, 6) is 0.455. The number of rotatable bonds is 7. The zero-order chi connectivity index (χ0) is 26.1. The number of halogens is 1. The van der Waals surface area contributed by atoms with Gasteiger partial charge in [-0.3, -0.25) is 9.36 Å². The van der Waals surface area contributed by atoms with Gasteiger partial charge in [0.2, 0.25) is 10.5 Å². The number of amides is 1. The Morgan fingerprint density at radius 2 is 1.91 bits per heavy atom. The van der Waals surface area contributed by atoms with E-state index >= 15 is 0 Å². The van der Waals surface area contributed by atoms with Crippen molar-refractivity contribution in [2.45, 2.75) is 85.1 Å². The molecule has 2 aromatic heterocycles. The van der Waals surface area contributed by atoms with Gasteiger partial charge >= 0.3 is 6.09 Å². The monoisotopic (exact) mass is 570 g/mol. The molecule has 0 spiro atoms. The maximum Gasteiger partial charge on any atom is 0.410 e. The number of hydrogen-bond acceptors (Lipinski definition) is 7. The number of aromatic nitrogens is 4. The number of hydrogen-bond donors (Lipinski definition) is 0. The summed E-state index contributed by atoms with van der Waals surface area (Å²) in [5, 5.41) is 4.30. The van der Waals surface area contributed by atoms with E-state index < -0.39 is 13.7 Å². The third kappa shape index (κ3) is 6.65. The number of anilines is 1. The van der Waals surface area contributed by atoms with Crippen LogP contribution in [0.1, 0.15) is 40.3 Å². The fourth-order valence-corrected chi connectivity index (χ4v) is 5.24. The Kier molecular flexibility index (Phi) is 8.37. The average Bonchev–Trinajstić information content (AvgIpc) is 3.11. The Labute approximate surface area is 216 Å². The molecule has 3 heterocycles. The van der Waals surface area contributed by atoms with Gasteiger partial charge in [-0.2, -0.15) is 9.50 Å². The molecular formula is C23H39BrN6O4Si. The van der Waals surface area contributed by atoms with Crippen LogP contribution in [0.3, 0.4) is 0 Å². The van der Waals surface area contributed by atoms with E-state index in [1.165, 1.54) is 4.52 Å². The van der Waals surface area contributed by atoms with Gasteiger partial charge in [0.05, 0.1) is 5.69 Å². The predicted octanol–water partition coefficient (Wildman–Crippen LogP) is 3.97. The van der Waals surface area contributed by atoms with Crippen molar-refractivity contribution in [2.24, 2.45) is 0 Å². The van der Waals surface area contributed by atoms with E-state index in [0.29, 0.717) is 55.6 Å². The van der Waals surface area contributed by atoms with Gasteiger partial charge in [0.15, 0.2) is 0 Å². The summed E-state index contributed by atoms with van der Waals surface area (Å²) < 4.78 is 15.3. The molecule has 2 aromatic rings. The number of carbonyl (C=O) groups is 1. The molecule has 1 atom stereocenters. The molecule has 0 aliphatic carbocycles. The van der Waals surface area contributed by atoms with Crippen LogP contribution in [0, 0.1) is 0 Å². The maximum atomic E-state index is 13.6. The van der Waals surface area contributed by atoms with Gasteiger partial charge in [0, 0.05) is 40.4 Å². The minimum atomic E-state index is -1.23. The van der Waals surface area contributed by atoms with Crippen LogP contribution in [0.25, 0.3) is 5.78 Å². The summed E-state index contributed by atoms with van der Waals surface area (Å²) in [6.45, 7) is 19.0. The molecule has 1 aliphatic heterocycles. The van der Waals surface area contributed by atoms with Crippen LogP contribution in [0.15, 0.2) is 9.53 Å². The smallest absolute Gasteiger partial charge is 0.410 e. The van der Waals surface area contributed by atoms with Gasteiger partial charge in [0.25, 0.3) is 5.56 Å². The minimum Gasteiger partial charge on any atom is -0.444 e. The van der Waals surface area contributed by atoms with Crippen molar-refractivity contribution in [3.63, 3.8) is 0 Å². The van der Waals surface area contributed by atoms with Crippen molar-refractivity contribution in [1.82, 2.24) is 24.1 Å². The summed E-state index contributed by atoms with van der Waals surface area (Å²) in [4.78, 5) is 34.5.